The van der Waals surface area contributed by atoms with Gasteiger partial charge in [-0.15, -0.1) is 0 Å². The van der Waals surface area contributed by atoms with Gasteiger partial charge in [-0.3, -0.25) is 9.59 Å². The average Bonchev–Trinajstić information content (AvgIpc) is 2.48. The molecule has 0 saturated carbocycles. The van der Waals surface area contributed by atoms with Crippen molar-refractivity contribution in [2.24, 2.45) is 5.92 Å². The lowest BCUT2D eigenvalue weighted by atomic mass is 10.0. The second-order valence-electron chi connectivity index (χ2n) is 9.71. The van der Waals surface area contributed by atoms with Crippen molar-refractivity contribution < 1.29 is 28.7 Å². The number of hydrogen-bond acceptors (Lipinski definition) is 7. The molecule has 174 valence electrons. The van der Waals surface area contributed by atoms with Crippen LogP contribution < -0.4 is 10.6 Å². The molecule has 8 nitrogen and oxygen atoms in total. The van der Waals surface area contributed by atoms with Crippen molar-refractivity contribution in [1.82, 2.24) is 10.6 Å². The van der Waals surface area contributed by atoms with Gasteiger partial charge in [0.2, 0.25) is 11.8 Å². The van der Waals surface area contributed by atoms with Gasteiger partial charge < -0.3 is 20.1 Å². The highest BCUT2D eigenvalue weighted by Crippen LogP contribution is 2.14. The molecule has 3 atom stereocenters. The molecular weight excluding hydrogens is 408 g/mol. The Morgan fingerprint density at radius 2 is 1.17 bits per heavy atom. The van der Waals surface area contributed by atoms with Crippen LogP contribution in [0, 0.1) is 5.92 Å². The van der Waals surface area contributed by atoms with Gasteiger partial charge in [0.05, 0.1) is 0 Å². The second-order valence-corrected chi connectivity index (χ2v) is 10.4. The molecule has 2 N–H and O–H groups in total. The second kappa shape index (κ2) is 11.6. The minimum Gasteiger partial charge on any atom is -0.458 e. The molecule has 1 unspecified atom stereocenters. The maximum absolute atomic E-state index is 12.3. The lowest BCUT2D eigenvalue weighted by molar-refractivity contribution is -0.160. The van der Waals surface area contributed by atoms with Crippen LogP contribution in [0.1, 0.15) is 75.2 Å². The number of thiol groups is 1. The summed E-state index contributed by atoms with van der Waals surface area (Å²) in [5.41, 5.74) is -1.31. The molecule has 0 aromatic carbocycles. The van der Waals surface area contributed by atoms with E-state index >= 15 is 0 Å². The van der Waals surface area contributed by atoms with Crippen molar-refractivity contribution in [2.45, 2.75) is 104 Å². The van der Waals surface area contributed by atoms with E-state index < -0.39 is 52.3 Å². The largest absolute Gasteiger partial charge is 0.458 e. The van der Waals surface area contributed by atoms with Crippen LogP contribution in [0.2, 0.25) is 0 Å². The van der Waals surface area contributed by atoms with E-state index in [1.165, 1.54) is 6.92 Å². The summed E-state index contributed by atoms with van der Waals surface area (Å²) in [6, 6.07) is -1.61. The molecule has 0 fully saturated rings. The smallest absolute Gasteiger partial charge is 0.329 e. The Morgan fingerprint density at radius 3 is 1.57 bits per heavy atom. The fourth-order valence-corrected chi connectivity index (χ4v) is 2.68. The summed E-state index contributed by atoms with van der Waals surface area (Å²) in [6.45, 7) is 15.6. The zero-order chi connectivity index (χ0) is 23.9. The molecule has 30 heavy (non-hydrogen) atoms. The molecule has 0 radical (unpaired) electrons. The molecule has 0 saturated heterocycles. The molecule has 0 heterocycles. The number of carbonyl (C=O) groups excluding carboxylic acids is 4. The van der Waals surface area contributed by atoms with E-state index in [4.69, 9.17) is 9.47 Å². The number of amides is 2. The van der Waals surface area contributed by atoms with Gasteiger partial charge in [-0.1, -0.05) is 13.8 Å². The molecule has 0 aliphatic carbocycles. The predicted octanol–water partition coefficient (Wildman–Crippen LogP) is 2.39. The molecule has 2 amide bonds. The third kappa shape index (κ3) is 12.7. The third-order valence-corrected chi connectivity index (χ3v) is 3.99. The van der Waals surface area contributed by atoms with Crippen LogP contribution in [0.15, 0.2) is 0 Å². The van der Waals surface area contributed by atoms with Crippen LogP contribution in [0.25, 0.3) is 0 Å². The molecule has 0 bridgehead atoms. The first-order valence-corrected chi connectivity index (χ1v) is 10.7. The first-order chi connectivity index (χ1) is 13.4. The van der Waals surface area contributed by atoms with E-state index in [9.17, 15) is 19.2 Å². The summed E-state index contributed by atoms with van der Waals surface area (Å²) in [6.07, 6.45) is -0.133. The van der Waals surface area contributed by atoms with Gasteiger partial charge in [-0.05, 0) is 54.4 Å². The lowest BCUT2D eigenvalue weighted by Gasteiger charge is -2.27. The molecule has 0 aromatic rings. The van der Waals surface area contributed by atoms with Gasteiger partial charge in [0.15, 0.2) is 0 Å². The number of ether oxygens (including phenoxy) is 2. The summed E-state index contributed by atoms with van der Waals surface area (Å²) in [4.78, 5) is 48.7. The van der Waals surface area contributed by atoms with Gasteiger partial charge >= 0.3 is 11.9 Å². The maximum Gasteiger partial charge on any atom is 0.329 e. The fraction of sp³-hybridized carbons (Fsp3) is 0.810. The monoisotopic (exact) mass is 446 g/mol. The summed E-state index contributed by atoms with van der Waals surface area (Å²) in [5, 5.41) is 4.62. The van der Waals surface area contributed by atoms with Crippen molar-refractivity contribution in [2.75, 3.05) is 0 Å². The van der Waals surface area contributed by atoms with Crippen LogP contribution in [-0.4, -0.2) is 52.3 Å². The van der Waals surface area contributed by atoms with Gasteiger partial charge in [-0.2, -0.15) is 12.6 Å². The van der Waals surface area contributed by atoms with Crippen LogP contribution in [0.4, 0.5) is 0 Å². The number of carbonyl (C=O) groups is 4. The van der Waals surface area contributed by atoms with Crippen molar-refractivity contribution in [3.63, 3.8) is 0 Å². The highest BCUT2D eigenvalue weighted by molar-refractivity contribution is 7.81. The SMILES string of the molecule is CC(C)[C@H](NC(=O)CC(S)CC(=O)N[C@@H](C)C(=O)OC(C)(C)C)C(=O)OC(C)(C)C. The number of hydrogen-bond donors (Lipinski definition) is 3. The Labute approximate surface area is 185 Å². The Kier molecular flexibility index (Phi) is 10.9. The van der Waals surface area contributed by atoms with E-state index in [1.807, 2.05) is 0 Å². The normalized spacial score (nSPS) is 15.0. The topological polar surface area (TPSA) is 111 Å². The van der Waals surface area contributed by atoms with E-state index in [1.54, 1.807) is 55.4 Å². The Hall–Kier alpha value is -1.77. The average molecular weight is 447 g/mol. The lowest BCUT2D eigenvalue weighted by Crippen LogP contribution is -2.48. The zero-order valence-corrected chi connectivity index (χ0v) is 20.5. The molecule has 0 spiro atoms. The third-order valence-electron chi connectivity index (χ3n) is 3.62. The first-order valence-electron chi connectivity index (χ1n) is 10.1. The molecule has 0 aliphatic rings. The van der Waals surface area contributed by atoms with Crippen LogP contribution in [-0.2, 0) is 28.7 Å². The summed E-state index contributed by atoms with van der Waals surface area (Å²) in [5.74, 6) is -2.05. The Morgan fingerprint density at radius 1 is 0.767 bits per heavy atom. The molecule has 9 heteroatoms. The zero-order valence-electron chi connectivity index (χ0n) is 19.6. The highest BCUT2D eigenvalue weighted by Gasteiger charge is 2.30. The minimum absolute atomic E-state index is 0.0661. The summed E-state index contributed by atoms with van der Waals surface area (Å²) < 4.78 is 10.6. The van der Waals surface area contributed by atoms with Crippen LogP contribution in [0.3, 0.4) is 0 Å². The van der Waals surface area contributed by atoms with Gasteiger partial charge in [0.25, 0.3) is 0 Å². The predicted molar refractivity (Wildman–Crippen MR) is 118 cm³/mol. The number of rotatable bonds is 9. The quantitative estimate of drug-likeness (QED) is 0.370. The van der Waals surface area contributed by atoms with Crippen molar-refractivity contribution in [3.8, 4) is 0 Å². The van der Waals surface area contributed by atoms with E-state index in [-0.39, 0.29) is 18.8 Å². The number of esters is 2. The standard InChI is InChI=1S/C21H38N2O6S/c1-12(2)17(19(27)29-21(7,8)9)23-16(25)11-14(30)10-15(24)22-13(3)18(26)28-20(4,5)6/h12-14,17,30H,10-11H2,1-9H3,(H,22,24)(H,23,25)/t13-,14?,17-/m0/s1. The van der Waals surface area contributed by atoms with Crippen molar-refractivity contribution in [1.29, 1.82) is 0 Å². The highest BCUT2D eigenvalue weighted by atomic mass is 32.1. The molecule has 0 aliphatic heterocycles. The molecular formula is C21H38N2O6S. The van der Waals surface area contributed by atoms with Crippen molar-refractivity contribution in [3.05, 3.63) is 0 Å². The van der Waals surface area contributed by atoms with Gasteiger partial charge in [0.1, 0.15) is 23.3 Å². The van der Waals surface area contributed by atoms with E-state index in [0.29, 0.717) is 0 Å². The maximum atomic E-state index is 12.3. The van der Waals surface area contributed by atoms with E-state index in [0.717, 1.165) is 0 Å². The fourth-order valence-electron chi connectivity index (χ4n) is 2.35. The molecule has 0 rings (SSSR count). The van der Waals surface area contributed by atoms with Crippen molar-refractivity contribution >= 4 is 36.4 Å². The summed E-state index contributed by atoms with van der Waals surface area (Å²) in [7, 11) is 0. The molecule has 0 aromatic heterocycles. The van der Waals surface area contributed by atoms with E-state index in [2.05, 4.69) is 23.3 Å². The van der Waals surface area contributed by atoms with Crippen LogP contribution in [0.5, 0.6) is 0 Å². The Bertz CT molecular complexity index is 622. The van der Waals surface area contributed by atoms with Crippen LogP contribution >= 0.6 is 12.6 Å². The summed E-state index contributed by atoms with van der Waals surface area (Å²) >= 11 is 4.29. The van der Waals surface area contributed by atoms with Gasteiger partial charge in [0, 0.05) is 18.1 Å². The van der Waals surface area contributed by atoms with Gasteiger partial charge in [-0.25, -0.2) is 9.59 Å². The first kappa shape index (κ1) is 28.2. The minimum atomic E-state index is -0.816. The number of nitrogens with one attached hydrogen (secondary N) is 2. The Balaban J connectivity index is 4.65.